The summed E-state index contributed by atoms with van der Waals surface area (Å²) in [5, 5.41) is 0. The third kappa shape index (κ3) is 4.44. The van der Waals surface area contributed by atoms with Crippen LogP contribution in [0.2, 0.25) is 0 Å². The summed E-state index contributed by atoms with van der Waals surface area (Å²) in [5.74, 6) is 2.38. The van der Waals surface area contributed by atoms with E-state index in [1.165, 1.54) is 38.6 Å². The van der Waals surface area contributed by atoms with Gasteiger partial charge in [0.05, 0.1) is 6.61 Å². The average Bonchev–Trinajstić information content (AvgIpc) is 3.20. The molecule has 3 atom stereocenters. The fourth-order valence-corrected chi connectivity index (χ4v) is 3.51. The van der Waals surface area contributed by atoms with Crippen molar-refractivity contribution in [1.29, 1.82) is 0 Å². The second-order valence-corrected chi connectivity index (χ2v) is 6.96. The zero-order valence-corrected chi connectivity index (χ0v) is 13.0. The standard InChI is InChI=1S/C16H32N2O/c1-12(2)13-4-7-16(17)14(10-13)11-18(8-9-19-3)15-5-6-15/h12-16H,4-11,17H2,1-3H3. The first-order chi connectivity index (χ1) is 9.11. The Morgan fingerprint density at radius 1 is 1.21 bits per heavy atom. The van der Waals surface area contributed by atoms with Gasteiger partial charge in [0.2, 0.25) is 0 Å². The van der Waals surface area contributed by atoms with E-state index >= 15 is 0 Å². The number of methoxy groups -OCH3 is 1. The Hall–Kier alpha value is -0.120. The summed E-state index contributed by atoms with van der Waals surface area (Å²) in [6.07, 6.45) is 6.63. The van der Waals surface area contributed by atoms with Gasteiger partial charge in [0, 0.05) is 32.3 Å². The van der Waals surface area contributed by atoms with Gasteiger partial charge in [-0.1, -0.05) is 13.8 Å². The molecule has 0 aliphatic heterocycles. The van der Waals surface area contributed by atoms with Gasteiger partial charge in [-0.3, -0.25) is 4.90 Å². The highest BCUT2D eigenvalue weighted by atomic mass is 16.5. The molecule has 0 radical (unpaired) electrons. The molecule has 0 aromatic carbocycles. The van der Waals surface area contributed by atoms with E-state index in [2.05, 4.69) is 18.7 Å². The third-order valence-electron chi connectivity index (χ3n) is 5.14. The van der Waals surface area contributed by atoms with Gasteiger partial charge < -0.3 is 10.5 Å². The zero-order chi connectivity index (χ0) is 13.8. The van der Waals surface area contributed by atoms with Crippen LogP contribution in [0.5, 0.6) is 0 Å². The lowest BCUT2D eigenvalue weighted by Gasteiger charge is -2.38. The molecule has 19 heavy (non-hydrogen) atoms. The predicted molar refractivity (Wildman–Crippen MR) is 80.1 cm³/mol. The van der Waals surface area contributed by atoms with Crippen molar-refractivity contribution in [2.75, 3.05) is 26.8 Å². The molecule has 0 aromatic rings. The lowest BCUT2D eigenvalue weighted by molar-refractivity contribution is 0.102. The van der Waals surface area contributed by atoms with Gasteiger partial charge in [0.25, 0.3) is 0 Å². The van der Waals surface area contributed by atoms with E-state index in [9.17, 15) is 0 Å². The summed E-state index contributed by atoms with van der Waals surface area (Å²) in [5.41, 5.74) is 6.38. The van der Waals surface area contributed by atoms with Crippen LogP contribution in [-0.2, 0) is 4.74 Å². The molecular weight excluding hydrogens is 236 g/mol. The Labute approximate surface area is 118 Å². The van der Waals surface area contributed by atoms with Crippen LogP contribution in [0.4, 0.5) is 0 Å². The molecular formula is C16H32N2O. The second kappa shape index (κ2) is 7.05. The monoisotopic (exact) mass is 268 g/mol. The van der Waals surface area contributed by atoms with Gasteiger partial charge in [-0.15, -0.1) is 0 Å². The highest BCUT2D eigenvalue weighted by Crippen LogP contribution is 2.35. The Morgan fingerprint density at radius 2 is 1.95 bits per heavy atom. The first-order valence-corrected chi connectivity index (χ1v) is 8.10. The van der Waals surface area contributed by atoms with Crippen LogP contribution in [0.15, 0.2) is 0 Å². The topological polar surface area (TPSA) is 38.5 Å². The van der Waals surface area contributed by atoms with E-state index in [4.69, 9.17) is 10.5 Å². The molecule has 2 N–H and O–H groups in total. The fraction of sp³-hybridized carbons (Fsp3) is 1.00. The van der Waals surface area contributed by atoms with Gasteiger partial charge in [-0.25, -0.2) is 0 Å². The molecule has 2 aliphatic carbocycles. The fourth-order valence-electron chi connectivity index (χ4n) is 3.51. The lowest BCUT2D eigenvalue weighted by atomic mass is 9.73. The van der Waals surface area contributed by atoms with E-state index in [0.29, 0.717) is 12.0 Å². The van der Waals surface area contributed by atoms with Crippen molar-refractivity contribution >= 4 is 0 Å². The van der Waals surface area contributed by atoms with E-state index < -0.39 is 0 Å². The SMILES string of the molecule is COCCN(CC1CC(C(C)C)CCC1N)C1CC1. The number of hydrogen-bond acceptors (Lipinski definition) is 3. The number of nitrogens with two attached hydrogens (primary N) is 1. The highest BCUT2D eigenvalue weighted by Gasteiger charge is 2.35. The van der Waals surface area contributed by atoms with Crippen LogP contribution in [0.3, 0.4) is 0 Å². The van der Waals surface area contributed by atoms with Crippen molar-refractivity contribution in [2.24, 2.45) is 23.5 Å². The van der Waals surface area contributed by atoms with Gasteiger partial charge in [-0.05, 0) is 49.9 Å². The van der Waals surface area contributed by atoms with E-state index in [-0.39, 0.29) is 0 Å². The van der Waals surface area contributed by atoms with Crippen molar-refractivity contribution in [3.8, 4) is 0 Å². The maximum Gasteiger partial charge on any atom is 0.0589 e. The summed E-state index contributed by atoms with van der Waals surface area (Å²) >= 11 is 0. The maximum absolute atomic E-state index is 6.38. The summed E-state index contributed by atoms with van der Waals surface area (Å²) in [6, 6.07) is 1.24. The van der Waals surface area contributed by atoms with Crippen LogP contribution >= 0.6 is 0 Å². The first-order valence-electron chi connectivity index (χ1n) is 8.10. The minimum atomic E-state index is 0.416. The van der Waals surface area contributed by atoms with Crippen LogP contribution in [0.1, 0.15) is 46.0 Å². The van der Waals surface area contributed by atoms with Crippen LogP contribution < -0.4 is 5.73 Å². The second-order valence-electron chi connectivity index (χ2n) is 6.96. The molecule has 2 fully saturated rings. The number of ether oxygens (including phenoxy) is 1. The van der Waals surface area contributed by atoms with Crippen molar-refractivity contribution in [1.82, 2.24) is 4.90 Å². The minimum Gasteiger partial charge on any atom is -0.383 e. The van der Waals surface area contributed by atoms with Crippen molar-refractivity contribution < 1.29 is 4.74 Å². The van der Waals surface area contributed by atoms with Crippen LogP contribution in [0.25, 0.3) is 0 Å². The molecule has 3 unspecified atom stereocenters. The first kappa shape index (κ1) is 15.3. The summed E-state index contributed by atoms with van der Waals surface area (Å²) < 4.78 is 5.25. The molecule has 0 bridgehead atoms. The van der Waals surface area contributed by atoms with E-state index in [1.807, 2.05) is 0 Å². The number of rotatable bonds is 7. The van der Waals surface area contributed by atoms with Crippen molar-refractivity contribution in [2.45, 2.75) is 58.0 Å². The lowest BCUT2D eigenvalue weighted by Crippen LogP contribution is -2.45. The van der Waals surface area contributed by atoms with Gasteiger partial charge in [-0.2, -0.15) is 0 Å². The summed E-state index contributed by atoms with van der Waals surface area (Å²) in [6.45, 7) is 7.85. The molecule has 3 nitrogen and oxygen atoms in total. The van der Waals surface area contributed by atoms with E-state index in [0.717, 1.165) is 31.0 Å². The van der Waals surface area contributed by atoms with Gasteiger partial charge in [0.1, 0.15) is 0 Å². The highest BCUT2D eigenvalue weighted by molar-refractivity contribution is 4.90. The van der Waals surface area contributed by atoms with Crippen LogP contribution in [0, 0.1) is 17.8 Å². The Bertz CT molecular complexity index is 265. The zero-order valence-electron chi connectivity index (χ0n) is 13.0. The molecule has 0 saturated heterocycles. The summed E-state index contributed by atoms with van der Waals surface area (Å²) in [4.78, 5) is 2.64. The van der Waals surface area contributed by atoms with Crippen LogP contribution in [-0.4, -0.2) is 43.8 Å². The number of hydrogen-bond donors (Lipinski definition) is 1. The van der Waals surface area contributed by atoms with E-state index in [1.54, 1.807) is 7.11 Å². The largest absolute Gasteiger partial charge is 0.383 e. The van der Waals surface area contributed by atoms with Crippen molar-refractivity contribution in [3.63, 3.8) is 0 Å². The normalized spacial score (nSPS) is 32.2. The molecule has 0 aromatic heterocycles. The molecule has 0 heterocycles. The molecule has 2 rings (SSSR count). The Balaban J connectivity index is 1.86. The molecule has 3 heteroatoms. The molecule has 0 amide bonds. The Morgan fingerprint density at radius 3 is 2.53 bits per heavy atom. The smallest absolute Gasteiger partial charge is 0.0589 e. The third-order valence-corrected chi connectivity index (χ3v) is 5.14. The predicted octanol–water partition coefficient (Wildman–Crippen LogP) is 2.50. The average molecular weight is 268 g/mol. The van der Waals surface area contributed by atoms with Gasteiger partial charge in [0.15, 0.2) is 0 Å². The van der Waals surface area contributed by atoms with Crippen molar-refractivity contribution in [3.05, 3.63) is 0 Å². The summed E-state index contributed by atoms with van der Waals surface area (Å²) in [7, 11) is 1.80. The number of nitrogens with zero attached hydrogens (tertiary/aromatic N) is 1. The Kier molecular flexibility index (Phi) is 5.67. The molecule has 112 valence electrons. The molecule has 0 spiro atoms. The molecule has 2 aliphatic rings. The van der Waals surface area contributed by atoms with Gasteiger partial charge >= 0.3 is 0 Å². The minimum absolute atomic E-state index is 0.416. The quantitative estimate of drug-likeness (QED) is 0.771. The molecule has 2 saturated carbocycles. The maximum atomic E-state index is 6.38.